The second-order valence-electron chi connectivity index (χ2n) is 24.2. The van der Waals surface area contributed by atoms with Gasteiger partial charge in [-0.15, -0.1) is 24.0 Å². The molecule has 22 nitrogen and oxygen atoms in total. The number of nitrogen functional groups attached to an aromatic ring is 2. The van der Waals surface area contributed by atoms with E-state index >= 15 is 0 Å². The Bertz CT molecular complexity index is 2310. The summed E-state index contributed by atoms with van der Waals surface area (Å²) in [5.41, 5.74) is 13.6. The molecule has 7 N–H and O–H groups in total. The number of carbonyl (C=O) groups excluding carboxylic acids is 2. The fourth-order valence-corrected chi connectivity index (χ4v) is 12.9. The van der Waals surface area contributed by atoms with Gasteiger partial charge in [0.25, 0.3) is 0 Å². The zero-order valence-corrected chi connectivity index (χ0v) is 73.3. The molecule has 0 aromatic carbocycles. The van der Waals surface area contributed by atoms with Gasteiger partial charge >= 0.3 is 70.3 Å². The minimum Gasteiger partial charge on any atom is 0 e. The molecule has 2 amide bonds. The second kappa shape index (κ2) is 55.2. The molecule has 0 aliphatic carbocycles. The summed E-state index contributed by atoms with van der Waals surface area (Å²) in [6, 6.07) is 1.61. The van der Waals surface area contributed by atoms with Crippen molar-refractivity contribution < 1.29 is 84.1 Å². The molecule has 92 heavy (non-hydrogen) atoms. The molecule has 2 saturated heterocycles. The van der Waals surface area contributed by atoms with Crippen molar-refractivity contribution in [3.8, 4) is 12.0 Å². The number of fused-ring (bicyclic) bond motifs is 2. The number of hydrogen-bond donors (Lipinski definition) is 5. The number of aliphatic hydroxyl groups excluding tert-OH is 2. The van der Waals surface area contributed by atoms with Gasteiger partial charge in [0, 0.05) is 112 Å². The van der Waals surface area contributed by atoms with Crippen LogP contribution in [0.4, 0.5) is 23.3 Å². The van der Waals surface area contributed by atoms with Crippen molar-refractivity contribution in [2.45, 2.75) is 212 Å². The molecular weight excluding hydrogens is 1940 g/mol. The van der Waals surface area contributed by atoms with Crippen molar-refractivity contribution in [1.29, 1.82) is 0 Å². The summed E-state index contributed by atoms with van der Waals surface area (Å²) in [6.07, 6.45) is 11.2. The number of nitrogens with zero attached hydrogens (tertiary/aromatic N) is 9. The summed E-state index contributed by atoms with van der Waals surface area (Å²) in [7, 11) is -4.45. The average Bonchev–Trinajstić information content (AvgIpc) is 1.63. The first kappa shape index (κ1) is 97.7. The van der Waals surface area contributed by atoms with Crippen molar-refractivity contribution >= 4 is 150 Å². The number of hydrogen-bond acceptors (Lipinski definition) is 19. The van der Waals surface area contributed by atoms with Crippen molar-refractivity contribution in [3.63, 3.8) is 0 Å². The van der Waals surface area contributed by atoms with Gasteiger partial charge in [-0.25, -0.2) is 4.57 Å². The van der Waals surface area contributed by atoms with Crippen LogP contribution in [0.2, 0.25) is 0 Å². The number of nitrogens with two attached hydrogens (primary N) is 2. The summed E-state index contributed by atoms with van der Waals surface area (Å²) >= 11 is 9.54. The van der Waals surface area contributed by atoms with Gasteiger partial charge in [0.1, 0.15) is 31.6 Å². The van der Waals surface area contributed by atoms with Crippen LogP contribution in [0, 0.1) is 29.6 Å². The largest absolute Gasteiger partial charge is 0 e. The number of phosphoric acid groups is 1. The van der Waals surface area contributed by atoms with E-state index in [1.165, 1.54) is 6.42 Å². The fourth-order valence-electron chi connectivity index (χ4n) is 10.1. The normalized spacial score (nSPS) is 17.5. The van der Waals surface area contributed by atoms with E-state index in [-0.39, 0.29) is 125 Å². The maximum Gasteiger partial charge on any atom is 0 e. The molecule has 31 heteroatoms. The number of phosphoric ester groups is 1. The quantitative estimate of drug-likeness (QED) is 0.0346. The maximum absolute atomic E-state index is 12.8. The van der Waals surface area contributed by atoms with Gasteiger partial charge in [0.2, 0.25) is 11.8 Å². The Morgan fingerprint density at radius 2 is 1.04 bits per heavy atom. The second-order valence-corrected chi connectivity index (χ2v) is 43.5. The molecule has 4 aliphatic heterocycles. The van der Waals surface area contributed by atoms with E-state index in [9.17, 15) is 19.0 Å². The van der Waals surface area contributed by atoms with E-state index in [1.54, 1.807) is 9.80 Å². The number of aromatic nitrogens is 4. The third-order valence-corrected chi connectivity index (χ3v) is 19.1. The van der Waals surface area contributed by atoms with Crippen LogP contribution >= 0.6 is 115 Å². The van der Waals surface area contributed by atoms with Crippen LogP contribution < -0.4 is 44.0 Å². The Morgan fingerprint density at radius 3 is 1.38 bits per heavy atom. The summed E-state index contributed by atoms with van der Waals surface area (Å²) < 4.78 is 42.3. The number of aliphatic hydroxyl groups is 2. The molecule has 0 bridgehead atoms. The van der Waals surface area contributed by atoms with Crippen molar-refractivity contribution in [1.82, 2.24) is 34.4 Å². The van der Waals surface area contributed by atoms with Crippen molar-refractivity contribution in [2.24, 2.45) is 29.6 Å². The van der Waals surface area contributed by atoms with E-state index in [0.717, 1.165) is 104 Å². The van der Waals surface area contributed by atoms with E-state index in [0.29, 0.717) is 110 Å². The SMILES string of the molecule is C.CCC[C@H](C)Oc1nc(N)c2c(n1)N(CC1CCN(CCO)CC1)C(=O)C2.CCC[C@H](C)Oc1nc(N)c2c(n1)N(CC1CCN(CCOP(=O)(O)OC[C@H](C)CC)CC1)C(=O)C2.CC[C@@H](C)CO.CC[C@@H](C)COP(C)N(C(C)C)C(C)C.I.II.I[I-]I.[V]. The van der Waals surface area contributed by atoms with Crippen LogP contribution in [0.3, 0.4) is 0 Å². The predicted molar refractivity (Wildman–Crippen MR) is 417 cm³/mol. The van der Waals surface area contributed by atoms with Crippen LogP contribution in [-0.2, 0) is 59.1 Å². The molecule has 4 aliphatic rings. The van der Waals surface area contributed by atoms with E-state index in [1.807, 2.05) is 34.6 Å². The third-order valence-electron chi connectivity index (χ3n) is 16.0. The van der Waals surface area contributed by atoms with Crippen molar-refractivity contribution in [2.75, 3.05) is 113 Å². The average molecular weight is 2060 g/mol. The minimum absolute atomic E-state index is 0. The Balaban J connectivity index is -0.00000124. The van der Waals surface area contributed by atoms with Gasteiger partial charge in [-0.3, -0.25) is 33.1 Å². The number of carbonyl (C=O) groups is 2. The third kappa shape index (κ3) is 38.0. The monoisotopic (exact) mass is 2060 g/mol. The first-order valence-electron chi connectivity index (χ1n) is 32.0. The molecule has 541 valence electrons. The van der Waals surface area contributed by atoms with E-state index < -0.39 is 16.1 Å². The smallest absolute Gasteiger partial charge is 0 e. The molecule has 0 saturated carbocycles. The Kier molecular flexibility index (Phi) is 58.7. The number of halogens is 6. The molecule has 2 aromatic rings. The van der Waals surface area contributed by atoms with E-state index in [4.69, 9.17) is 44.7 Å². The molecule has 1 radical (unpaired) electrons. The van der Waals surface area contributed by atoms with Gasteiger partial charge in [-0.05, 0) is 143 Å². The summed E-state index contributed by atoms with van der Waals surface area (Å²) in [5.74, 6) is 3.96. The summed E-state index contributed by atoms with van der Waals surface area (Å²) in [6.45, 7) is 39.7. The van der Waals surface area contributed by atoms with Crippen LogP contribution in [0.5, 0.6) is 12.0 Å². The van der Waals surface area contributed by atoms with E-state index in [2.05, 4.69) is 178 Å². The van der Waals surface area contributed by atoms with Crippen molar-refractivity contribution in [3.05, 3.63) is 11.1 Å². The summed E-state index contributed by atoms with van der Waals surface area (Å²) in [5, 5.41) is 17.4. The molecule has 7 atom stereocenters. The van der Waals surface area contributed by atoms with Gasteiger partial charge < -0.3 is 50.4 Å². The van der Waals surface area contributed by atoms with Crippen LogP contribution in [-0.4, -0.2) is 178 Å². The minimum atomic E-state index is -4.02. The van der Waals surface area contributed by atoms with Gasteiger partial charge in [0.05, 0.1) is 51.5 Å². The Labute approximate surface area is 638 Å². The number of amides is 2. The number of likely N-dealkylation sites (tertiary alicyclic amines) is 2. The fraction of sp³-hybridized carbons (Fsp3) is 0.836. The number of β-amino-alcohol motifs (C(OH)–C–C–N with tert-alkyl or cyclic N) is 1. The van der Waals surface area contributed by atoms with Gasteiger partial charge in [0.15, 0.2) is 0 Å². The summed E-state index contributed by atoms with van der Waals surface area (Å²) in [4.78, 5) is 60.7. The Hall–Kier alpha value is 1.56. The number of rotatable bonds is 31. The molecular formula is C61H118I6N11O11P2V-. The van der Waals surface area contributed by atoms with Crippen LogP contribution in [0.1, 0.15) is 186 Å². The molecule has 2 unspecified atom stereocenters. The number of ether oxygens (including phenoxy) is 2. The molecule has 6 heterocycles. The van der Waals surface area contributed by atoms with Gasteiger partial charge in [-0.1, -0.05) is 94.9 Å². The predicted octanol–water partition coefficient (Wildman–Crippen LogP) is 11.6. The van der Waals surface area contributed by atoms with Gasteiger partial charge in [-0.2, -0.15) is 19.9 Å². The Morgan fingerprint density at radius 1 is 0.663 bits per heavy atom. The molecule has 2 fully saturated rings. The molecule has 2 aromatic heterocycles. The first-order valence-corrected chi connectivity index (χ1v) is 54.0. The maximum atomic E-state index is 12.8. The molecule has 6 rings (SSSR count). The van der Waals surface area contributed by atoms with Crippen LogP contribution in [0.25, 0.3) is 0 Å². The zero-order valence-electron chi connectivity index (χ0n) is 57.0. The topological polar surface area (TPSA) is 278 Å². The number of anilines is 4. The standard InChI is InChI=1S/C24H42N5O6P.C19H31N5O3.C12H28NOP.C5H12O.CH4.I3.I2.HI.V/c1-5-7-18(4)35-24-26-22(25)20-14-21(30)29(23(20)27-24)15-19-8-10-28(11-9-19)12-13-33-36(31,32)34-16-17(3)6-2;1-3-4-13(2)27-19-21-17(20)15-11-16(26)24(18(15)22-19)12-14-5-7-23(8-6-14)9-10-25;1-8-12(6)9-14-15(7)13(10(2)3)11(4)5;1-3-5(2)4-6;;1-3-2;1-2;;/h17-19H,5-16H2,1-4H3,(H,31,32)(H2,25,26,27);13-14,25H,3-12H2,1-2H3,(H2,20,21,22);10-12H,8-9H2,1-7H3;5-6H,3-4H2,1-2H3;1H4;;;1H;/q;;;;;-1;;;/t17-,18+;13-;12-,15?;5-;;;;;/m1011...../s1. The number of piperidine rings is 2. The zero-order chi connectivity index (χ0) is 67.4. The first-order chi connectivity index (χ1) is 42.2. The van der Waals surface area contributed by atoms with Crippen LogP contribution in [0.15, 0.2) is 0 Å². The molecule has 0 spiro atoms.